The zero-order chi connectivity index (χ0) is 28.2. The molecule has 0 aromatic heterocycles. The normalized spacial score (nSPS) is 15.8. The van der Waals surface area contributed by atoms with E-state index in [-0.39, 0.29) is 21.8 Å². The molecule has 0 spiro atoms. The number of aryl methyl sites for hydroxylation is 1. The van der Waals surface area contributed by atoms with Crippen LogP contribution in [0.1, 0.15) is 92.7 Å². The number of rotatable bonds is 12. The Morgan fingerprint density at radius 3 is 2.14 bits per heavy atom. The first-order valence-corrected chi connectivity index (χ1v) is 16.6. The van der Waals surface area contributed by atoms with Crippen molar-refractivity contribution < 1.29 is 9.22 Å². The lowest BCUT2D eigenvalue weighted by molar-refractivity contribution is 0.119. The number of primary amides is 1. The first-order chi connectivity index (χ1) is 16.2. The molecular formula is C30H53ClN2O2Si. The van der Waals surface area contributed by atoms with Gasteiger partial charge in [0.2, 0.25) is 0 Å². The van der Waals surface area contributed by atoms with E-state index in [4.69, 9.17) is 21.8 Å². The van der Waals surface area contributed by atoms with Crippen LogP contribution in [0.5, 0.6) is 0 Å². The van der Waals surface area contributed by atoms with Crippen molar-refractivity contribution in [2.75, 3.05) is 6.61 Å². The van der Waals surface area contributed by atoms with Crippen LogP contribution < -0.4 is 11.1 Å². The lowest BCUT2D eigenvalue weighted by Gasteiger charge is -2.46. The lowest BCUT2D eigenvalue weighted by Crippen LogP contribution is -2.54. The highest BCUT2D eigenvalue weighted by molar-refractivity contribution is 6.74. The van der Waals surface area contributed by atoms with Gasteiger partial charge in [-0.15, -0.1) is 6.58 Å². The molecule has 6 heteroatoms. The van der Waals surface area contributed by atoms with E-state index in [0.717, 1.165) is 48.4 Å². The maximum Gasteiger partial charge on any atom is 0.312 e. The Balaban J connectivity index is 3.20. The van der Waals surface area contributed by atoms with Crippen LogP contribution in [-0.2, 0) is 16.4 Å². The van der Waals surface area contributed by atoms with Crippen LogP contribution in [0.4, 0.5) is 4.79 Å². The van der Waals surface area contributed by atoms with Crippen LogP contribution in [-0.4, -0.2) is 21.0 Å². The third-order valence-corrected chi connectivity index (χ3v) is 13.0. The molecule has 0 radical (unpaired) electrons. The molecule has 0 heterocycles. The monoisotopic (exact) mass is 536 g/mol. The molecule has 36 heavy (non-hydrogen) atoms. The fourth-order valence-electron chi connectivity index (χ4n) is 4.73. The summed E-state index contributed by atoms with van der Waals surface area (Å²) in [5.74, 6) is -0.0816. The zero-order valence-electron chi connectivity index (χ0n) is 24.9. The first-order valence-electron chi connectivity index (χ1n) is 13.3. The summed E-state index contributed by atoms with van der Waals surface area (Å²) < 4.78 is 6.42. The van der Waals surface area contributed by atoms with Gasteiger partial charge in [-0.1, -0.05) is 85.2 Å². The summed E-state index contributed by atoms with van der Waals surface area (Å²) >= 11 is 6.76. The van der Waals surface area contributed by atoms with Gasteiger partial charge in [0.05, 0.1) is 5.54 Å². The summed E-state index contributed by atoms with van der Waals surface area (Å²) in [6, 6.07) is 5.59. The SMILES string of the molecule is C=CC(C(C)(C)CCCO[Si](C)(C)C(C)(C)C)C(C)(NC(N)=O)c1ccc(CCC(C)(C)C)c(Cl)c1. The van der Waals surface area contributed by atoms with Crippen LogP contribution >= 0.6 is 11.6 Å². The van der Waals surface area contributed by atoms with Crippen LogP contribution in [0.15, 0.2) is 30.9 Å². The van der Waals surface area contributed by atoms with Gasteiger partial charge in [0.1, 0.15) is 0 Å². The number of hydrogen-bond acceptors (Lipinski definition) is 2. The van der Waals surface area contributed by atoms with E-state index < -0.39 is 19.9 Å². The Kier molecular flexibility index (Phi) is 10.9. The van der Waals surface area contributed by atoms with Crippen LogP contribution in [0.2, 0.25) is 23.2 Å². The Bertz CT molecular complexity index is 899. The largest absolute Gasteiger partial charge is 0.417 e. The van der Waals surface area contributed by atoms with Crippen molar-refractivity contribution in [1.82, 2.24) is 5.32 Å². The van der Waals surface area contributed by atoms with Crippen LogP contribution in [0, 0.1) is 16.7 Å². The summed E-state index contributed by atoms with van der Waals surface area (Å²) in [6.45, 7) is 29.4. The van der Waals surface area contributed by atoms with Gasteiger partial charge in [-0.25, -0.2) is 4.79 Å². The van der Waals surface area contributed by atoms with Crippen molar-refractivity contribution >= 4 is 25.9 Å². The molecule has 2 unspecified atom stereocenters. The van der Waals surface area contributed by atoms with E-state index in [0.29, 0.717) is 0 Å². The molecule has 1 rings (SSSR count). The number of benzene rings is 1. The Labute approximate surface area is 227 Å². The Morgan fingerprint density at radius 2 is 1.69 bits per heavy atom. The van der Waals surface area contributed by atoms with Gasteiger partial charge in [0.25, 0.3) is 0 Å². The minimum atomic E-state index is -1.79. The van der Waals surface area contributed by atoms with Gasteiger partial charge >= 0.3 is 6.03 Å². The standard InChI is InChI=1S/C30H53ClN2O2Si/c1-13-25(29(8,9)18-14-20-35-36(11,12)28(5,6)7)30(10,33-26(32)34)23-16-15-22(24(31)21-23)17-19-27(2,3)4/h13,15-16,21,25H,1,14,17-20H2,2-12H3,(H3,32,33,34). The molecule has 0 fully saturated rings. The summed E-state index contributed by atoms with van der Waals surface area (Å²) in [6.07, 6.45) is 5.76. The quantitative estimate of drug-likeness (QED) is 0.159. The molecular weight excluding hydrogens is 484 g/mol. The van der Waals surface area contributed by atoms with E-state index in [9.17, 15) is 4.79 Å². The van der Waals surface area contributed by atoms with Gasteiger partial charge in [-0.2, -0.15) is 0 Å². The average molecular weight is 537 g/mol. The Morgan fingerprint density at radius 1 is 1.11 bits per heavy atom. The zero-order valence-corrected chi connectivity index (χ0v) is 26.7. The molecule has 2 amide bonds. The molecule has 1 aromatic carbocycles. The average Bonchev–Trinajstić information content (AvgIpc) is 2.68. The molecule has 0 aliphatic rings. The summed E-state index contributed by atoms with van der Waals surface area (Å²) in [5.41, 5.74) is 7.04. The van der Waals surface area contributed by atoms with Crippen molar-refractivity contribution in [2.24, 2.45) is 22.5 Å². The molecule has 3 N–H and O–H groups in total. The van der Waals surface area contributed by atoms with Gasteiger partial charge in [-0.3, -0.25) is 0 Å². The number of nitrogens with one attached hydrogen (secondary N) is 1. The molecule has 0 bridgehead atoms. The number of halogens is 1. The fourth-order valence-corrected chi connectivity index (χ4v) is 6.09. The first kappa shape index (κ1) is 32.7. The molecule has 2 atom stereocenters. The minimum Gasteiger partial charge on any atom is -0.417 e. The minimum absolute atomic E-state index is 0.0816. The van der Waals surface area contributed by atoms with Crippen LogP contribution in [0.3, 0.4) is 0 Å². The van der Waals surface area contributed by atoms with Gasteiger partial charge < -0.3 is 15.5 Å². The summed E-state index contributed by atoms with van der Waals surface area (Å²) in [4.78, 5) is 12.2. The lowest BCUT2D eigenvalue weighted by atomic mass is 9.64. The third kappa shape index (κ3) is 8.92. The highest BCUT2D eigenvalue weighted by atomic mass is 35.5. The number of hydrogen-bond donors (Lipinski definition) is 2. The van der Waals surface area contributed by atoms with E-state index in [1.54, 1.807) is 0 Å². The smallest absolute Gasteiger partial charge is 0.312 e. The molecule has 1 aromatic rings. The van der Waals surface area contributed by atoms with E-state index in [2.05, 4.69) is 92.5 Å². The third-order valence-electron chi connectivity index (χ3n) is 8.11. The van der Waals surface area contributed by atoms with Gasteiger partial charge in [0, 0.05) is 17.5 Å². The summed E-state index contributed by atoms with van der Waals surface area (Å²) in [5, 5.41) is 3.96. The highest BCUT2D eigenvalue weighted by Crippen LogP contribution is 2.45. The second-order valence-corrected chi connectivity index (χ2v) is 19.2. The molecule has 0 aliphatic heterocycles. The van der Waals surface area contributed by atoms with Crippen molar-refractivity contribution in [1.29, 1.82) is 0 Å². The topological polar surface area (TPSA) is 64.3 Å². The maximum absolute atomic E-state index is 12.2. The van der Waals surface area contributed by atoms with Crippen LogP contribution in [0.25, 0.3) is 0 Å². The van der Waals surface area contributed by atoms with E-state index in [1.807, 2.05) is 19.1 Å². The number of nitrogens with two attached hydrogens (primary N) is 1. The highest BCUT2D eigenvalue weighted by Gasteiger charge is 2.44. The number of carbonyl (C=O) groups excluding carboxylic acids is 1. The van der Waals surface area contributed by atoms with Crippen molar-refractivity contribution in [3.63, 3.8) is 0 Å². The Hall–Kier alpha value is -1.30. The second kappa shape index (κ2) is 12.0. The van der Waals surface area contributed by atoms with Crippen molar-refractivity contribution in [2.45, 2.75) is 112 Å². The van der Waals surface area contributed by atoms with E-state index in [1.165, 1.54) is 0 Å². The summed E-state index contributed by atoms with van der Waals surface area (Å²) in [7, 11) is -1.79. The van der Waals surface area contributed by atoms with Gasteiger partial charge in [0.15, 0.2) is 8.32 Å². The molecule has 0 aliphatic carbocycles. The molecule has 4 nitrogen and oxygen atoms in total. The fraction of sp³-hybridized carbons (Fsp3) is 0.700. The second-order valence-electron chi connectivity index (χ2n) is 14.0. The number of urea groups is 1. The van der Waals surface area contributed by atoms with E-state index >= 15 is 0 Å². The maximum atomic E-state index is 12.2. The number of carbonyl (C=O) groups is 1. The predicted molar refractivity (Wildman–Crippen MR) is 159 cm³/mol. The van der Waals surface area contributed by atoms with Crippen molar-refractivity contribution in [3.05, 3.63) is 47.0 Å². The van der Waals surface area contributed by atoms with Gasteiger partial charge in [-0.05, 0) is 78.8 Å². The predicted octanol–water partition coefficient (Wildman–Crippen LogP) is 8.83. The molecule has 0 saturated heterocycles. The molecule has 0 saturated carbocycles. The van der Waals surface area contributed by atoms with Crippen molar-refractivity contribution in [3.8, 4) is 0 Å². The molecule has 206 valence electrons. The number of amides is 2.